The van der Waals surface area contributed by atoms with Gasteiger partial charge in [-0.3, -0.25) is 0 Å². The first kappa shape index (κ1) is 27.6. The zero-order chi connectivity index (χ0) is 26.3. The number of nitrogens with zero attached hydrogens (tertiary/aromatic N) is 2. The summed E-state index contributed by atoms with van der Waals surface area (Å²) in [5.41, 5.74) is 4.51. The Morgan fingerprint density at radius 1 is 0.722 bits per heavy atom. The van der Waals surface area contributed by atoms with Crippen molar-refractivity contribution in [3.8, 4) is 5.75 Å². The molecule has 0 spiro atoms. The van der Waals surface area contributed by atoms with Crippen LogP contribution in [0.25, 0.3) is 0 Å². The minimum atomic E-state index is -3.76. The molecule has 0 heterocycles. The molecule has 0 saturated heterocycles. The van der Waals surface area contributed by atoms with E-state index in [4.69, 9.17) is 4.74 Å². The van der Waals surface area contributed by atoms with Crippen molar-refractivity contribution in [2.45, 2.75) is 51.7 Å². The van der Waals surface area contributed by atoms with Crippen LogP contribution in [-0.4, -0.2) is 41.2 Å². The summed E-state index contributed by atoms with van der Waals surface area (Å²) in [6.07, 6.45) is 0. The summed E-state index contributed by atoms with van der Waals surface area (Å²) in [4.78, 5) is 4.79. The van der Waals surface area contributed by atoms with Gasteiger partial charge in [0.15, 0.2) is 9.84 Å². The van der Waals surface area contributed by atoms with Gasteiger partial charge in [0.05, 0.1) is 11.5 Å². The predicted molar refractivity (Wildman–Crippen MR) is 151 cm³/mol. The summed E-state index contributed by atoms with van der Waals surface area (Å²) in [6, 6.07) is 20.9. The number of sulfone groups is 1. The van der Waals surface area contributed by atoms with Gasteiger partial charge in [-0.2, -0.15) is 0 Å². The van der Waals surface area contributed by atoms with Crippen LogP contribution in [0, 0.1) is 6.92 Å². The highest BCUT2D eigenvalue weighted by Gasteiger charge is 2.33. The van der Waals surface area contributed by atoms with E-state index in [0.29, 0.717) is 22.8 Å². The van der Waals surface area contributed by atoms with E-state index in [1.54, 1.807) is 12.1 Å². The van der Waals surface area contributed by atoms with Gasteiger partial charge in [0.25, 0.3) is 0 Å². The van der Waals surface area contributed by atoms with Crippen LogP contribution in [0.5, 0.6) is 5.75 Å². The molecule has 0 aliphatic heterocycles. The lowest BCUT2D eigenvalue weighted by Crippen LogP contribution is -2.23. The van der Waals surface area contributed by atoms with Crippen LogP contribution >= 0.6 is 0 Å². The number of anilines is 2. The minimum Gasteiger partial charge on any atom is -0.493 e. The van der Waals surface area contributed by atoms with Gasteiger partial charge >= 0.3 is 0 Å². The summed E-state index contributed by atoms with van der Waals surface area (Å²) in [5, 5.41) is -0.890. The van der Waals surface area contributed by atoms with E-state index >= 15 is 0 Å². The second-order valence-electron chi connectivity index (χ2n) is 8.83. The Kier molecular flexibility index (Phi) is 9.43. The maximum absolute atomic E-state index is 14.2. The lowest BCUT2D eigenvalue weighted by atomic mass is 10.0. The SMILES string of the molecule is CCOc1cc(N(CC)CC)ccc1C(c1ccc(N(CC)CC)cc1)S(=O)(=O)c1ccc(C)cc1. The number of ether oxygens (including phenoxy) is 1. The van der Waals surface area contributed by atoms with E-state index in [1.807, 2.05) is 68.4 Å². The third kappa shape index (κ3) is 5.86. The lowest BCUT2D eigenvalue weighted by Gasteiger charge is -2.26. The molecule has 0 radical (unpaired) electrons. The fourth-order valence-corrected chi connectivity index (χ4v) is 6.48. The maximum Gasteiger partial charge on any atom is 0.189 e. The zero-order valence-corrected chi connectivity index (χ0v) is 23.3. The lowest BCUT2D eigenvalue weighted by molar-refractivity contribution is 0.336. The number of rotatable bonds is 12. The molecular weight excluding hydrogens is 468 g/mol. The number of benzene rings is 3. The van der Waals surface area contributed by atoms with Crippen molar-refractivity contribution < 1.29 is 13.2 Å². The molecule has 6 heteroatoms. The average molecular weight is 509 g/mol. The molecule has 36 heavy (non-hydrogen) atoms. The molecule has 1 atom stereocenters. The third-order valence-electron chi connectivity index (χ3n) is 6.69. The number of hydrogen-bond donors (Lipinski definition) is 0. The van der Waals surface area contributed by atoms with E-state index in [9.17, 15) is 8.42 Å². The van der Waals surface area contributed by atoms with Crippen LogP contribution in [-0.2, 0) is 9.84 Å². The summed E-state index contributed by atoms with van der Waals surface area (Å²) in [7, 11) is -3.76. The Balaban J connectivity index is 2.22. The largest absolute Gasteiger partial charge is 0.493 e. The maximum atomic E-state index is 14.2. The Labute approximate surface area is 217 Å². The predicted octanol–water partition coefficient (Wildman–Crippen LogP) is 6.65. The second kappa shape index (κ2) is 12.3. The van der Waals surface area contributed by atoms with Gasteiger partial charge in [-0.15, -0.1) is 0 Å². The Morgan fingerprint density at radius 2 is 1.25 bits per heavy atom. The third-order valence-corrected chi connectivity index (χ3v) is 8.77. The van der Waals surface area contributed by atoms with E-state index in [-0.39, 0.29) is 0 Å². The van der Waals surface area contributed by atoms with E-state index in [2.05, 4.69) is 37.5 Å². The molecule has 0 aromatic heterocycles. The first-order valence-electron chi connectivity index (χ1n) is 13.0. The van der Waals surface area contributed by atoms with Crippen molar-refractivity contribution >= 4 is 21.2 Å². The fourth-order valence-electron chi connectivity index (χ4n) is 4.64. The van der Waals surface area contributed by atoms with Crippen molar-refractivity contribution in [1.82, 2.24) is 0 Å². The van der Waals surface area contributed by atoms with Crippen LogP contribution in [0.2, 0.25) is 0 Å². The highest BCUT2D eigenvalue weighted by atomic mass is 32.2. The molecular formula is C30H40N2O3S. The van der Waals surface area contributed by atoms with Crippen LogP contribution < -0.4 is 14.5 Å². The summed E-state index contributed by atoms with van der Waals surface area (Å²) >= 11 is 0. The van der Waals surface area contributed by atoms with Crippen molar-refractivity contribution in [2.24, 2.45) is 0 Å². The highest BCUT2D eigenvalue weighted by molar-refractivity contribution is 7.92. The van der Waals surface area contributed by atoms with Crippen LogP contribution in [0.1, 0.15) is 56.6 Å². The summed E-state index contributed by atoms with van der Waals surface area (Å²) < 4.78 is 34.4. The molecule has 194 valence electrons. The second-order valence-corrected chi connectivity index (χ2v) is 10.9. The summed E-state index contributed by atoms with van der Waals surface area (Å²) in [6.45, 7) is 16.3. The van der Waals surface area contributed by atoms with Gasteiger partial charge in [0.1, 0.15) is 11.0 Å². The highest BCUT2D eigenvalue weighted by Crippen LogP contribution is 2.41. The molecule has 3 aromatic rings. The molecule has 0 fully saturated rings. The number of hydrogen-bond acceptors (Lipinski definition) is 5. The van der Waals surface area contributed by atoms with Gasteiger partial charge in [0, 0.05) is 49.2 Å². The van der Waals surface area contributed by atoms with E-state index < -0.39 is 15.1 Å². The Morgan fingerprint density at radius 3 is 1.78 bits per heavy atom. The molecule has 5 nitrogen and oxygen atoms in total. The molecule has 0 aliphatic rings. The molecule has 3 rings (SSSR count). The molecule has 0 N–H and O–H groups in total. The minimum absolute atomic E-state index is 0.307. The smallest absolute Gasteiger partial charge is 0.189 e. The first-order chi connectivity index (χ1) is 17.3. The number of aryl methyl sites for hydroxylation is 1. The molecule has 0 amide bonds. The zero-order valence-electron chi connectivity index (χ0n) is 22.5. The average Bonchev–Trinajstić information content (AvgIpc) is 2.88. The van der Waals surface area contributed by atoms with Gasteiger partial charge in [-0.1, -0.05) is 35.9 Å². The first-order valence-corrected chi connectivity index (χ1v) is 14.5. The van der Waals surface area contributed by atoms with Crippen molar-refractivity contribution in [1.29, 1.82) is 0 Å². The molecule has 1 unspecified atom stereocenters. The van der Waals surface area contributed by atoms with E-state index in [1.165, 1.54) is 0 Å². The van der Waals surface area contributed by atoms with Crippen molar-refractivity contribution in [2.75, 3.05) is 42.6 Å². The quantitative estimate of drug-likeness (QED) is 0.274. The fraction of sp³-hybridized carbons (Fsp3) is 0.400. The van der Waals surface area contributed by atoms with Crippen LogP contribution in [0.4, 0.5) is 11.4 Å². The van der Waals surface area contributed by atoms with Gasteiger partial charge in [-0.05, 0) is 77.4 Å². The van der Waals surface area contributed by atoms with Gasteiger partial charge in [-0.25, -0.2) is 8.42 Å². The van der Waals surface area contributed by atoms with E-state index in [0.717, 1.165) is 48.7 Å². The normalized spacial score (nSPS) is 12.3. The topological polar surface area (TPSA) is 49.9 Å². The molecule has 0 bridgehead atoms. The monoisotopic (exact) mass is 508 g/mol. The van der Waals surface area contributed by atoms with Crippen molar-refractivity contribution in [3.63, 3.8) is 0 Å². The summed E-state index contributed by atoms with van der Waals surface area (Å²) in [5.74, 6) is 0.607. The molecule has 0 saturated carbocycles. The van der Waals surface area contributed by atoms with Crippen LogP contribution in [0.3, 0.4) is 0 Å². The molecule has 0 aliphatic carbocycles. The molecule has 3 aromatic carbocycles. The van der Waals surface area contributed by atoms with Crippen molar-refractivity contribution in [3.05, 3.63) is 83.4 Å². The Hall–Kier alpha value is -2.99. The standard InChI is InChI=1S/C30H40N2O3S/c1-7-31(8-2)25-16-14-24(15-17-25)30(36(33,34)27-19-12-23(6)13-20-27)28-21-18-26(32(9-3)10-4)22-29(28)35-11-5/h12-22,30H,7-11H2,1-6H3. The van der Waals surface area contributed by atoms with Gasteiger partial charge in [0.2, 0.25) is 0 Å². The van der Waals surface area contributed by atoms with Gasteiger partial charge < -0.3 is 14.5 Å². The Bertz CT molecular complexity index is 1210. The van der Waals surface area contributed by atoms with Crippen LogP contribution in [0.15, 0.2) is 71.6 Å².